The molecule has 0 aliphatic heterocycles. The van der Waals surface area contributed by atoms with Crippen molar-refractivity contribution in [3.8, 4) is 6.07 Å². The number of carbonyl (C=O) groups excluding carboxylic acids is 1. The van der Waals surface area contributed by atoms with Gasteiger partial charge in [-0.2, -0.15) is 5.26 Å². The average Bonchev–Trinajstić information content (AvgIpc) is 2.59. The number of hydrogen-bond donors (Lipinski definition) is 1. The SMILES string of the molecule is N#Cc1cccc(C(=O)NCc2nccc3ccccc23)c1. The minimum absolute atomic E-state index is 0.216. The van der Waals surface area contributed by atoms with Gasteiger partial charge >= 0.3 is 0 Å². The topological polar surface area (TPSA) is 65.8 Å². The maximum absolute atomic E-state index is 12.2. The second-order valence-electron chi connectivity index (χ2n) is 4.85. The number of benzene rings is 2. The molecule has 0 bridgehead atoms. The fraction of sp³-hybridized carbons (Fsp3) is 0.0556. The van der Waals surface area contributed by atoms with Gasteiger partial charge in [0.05, 0.1) is 23.9 Å². The Labute approximate surface area is 128 Å². The molecule has 0 unspecified atom stereocenters. The minimum atomic E-state index is -0.216. The fourth-order valence-corrected chi connectivity index (χ4v) is 2.32. The first-order valence-electron chi connectivity index (χ1n) is 6.89. The van der Waals surface area contributed by atoms with Crippen molar-refractivity contribution in [2.24, 2.45) is 0 Å². The Kier molecular flexibility index (Phi) is 3.80. The Balaban J connectivity index is 1.79. The van der Waals surface area contributed by atoms with Crippen LogP contribution in [0.2, 0.25) is 0 Å². The molecule has 0 saturated heterocycles. The number of carbonyl (C=O) groups is 1. The van der Waals surface area contributed by atoms with E-state index in [1.807, 2.05) is 36.4 Å². The van der Waals surface area contributed by atoms with Gasteiger partial charge in [0.1, 0.15) is 0 Å². The van der Waals surface area contributed by atoms with Crippen LogP contribution in [0, 0.1) is 11.3 Å². The lowest BCUT2D eigenvalue weighted by Crippen LogP contribution is -2.23. The lowest BCUT2D eigenvalue weighted by Gasteiger charge is -2.08. The largest absolute Gasteiger partial charge is 0.346 e. The molecule has 4 heteroatoms. The van der Waals surface area contributed by atoms with Crippen molar-refractivity contribution in [3.63, 3.8) is 0 Å². The maximum Gasteiger partial charge on any atom is 0.251 e. The van der Waals surface area contributed by atoms with Crippen LogP contribution < -0.4 is 5.32 Å². The van der Waals surface area contributed by atoms with Gasteiger partial charge in [0.25, 0.3) is 5.91 Å². The Morgan fingerprint density at radius 1 is 1.14 bits per heavy atom. The van der Waals surface area contributed by atoms with Gasteiger partial charge in [0, 0.05) is 17.1 Å². The summed E-state index contributed by atoms with van der Waals surface area (Å²) in [6, 6.07) is 18.5. The number of pyridine rings is 1. The van der Waals surface area contributed by atoms with Gasteiger partial charge in [-0.15, -0.1) is 0 Å². The summed E-state index contributed by atoms with van der Waals surface area (Å²) in [4.78, 5) is 16.5. The molecule has 106 valence electrons. The standard InChI is InChI=1S/C18H13N3O/c19-11-13-4-3-6-15(10-13)18(22)21-12-17-16-7-2-1-5-14(16)8-9-20-17/h1-10H,12H2,(H,21,22). The number of amides is 1. The van der Waals surface area contributed by atoms with Crippen molar-refractivity contribution in [3.05, 3.63) is 77.6 Å². The molecule has 0 aliphatic carbocycles. The third-order valence-electron chi connectivity index (χ3n) is 3.43. The fourth-order valence-electron chi connectivity index (χ4n) is 2.32. The Hall–Kier alpha value is -3.19. The third kappa shape index (κ3) is 2.79. The maximum atomic E-state index is 12.2. The molecule has 0 atom stereocenters. The van der Waals surface area contributed by atoms with Crippen LogP contribution in [0.15, 0.2) is 60.8 Å². The molecule has 1 aromatic heterocycles. The van der Waals surface area contributed by atoms with Crippen LogP contribution in [-0.4, -0.2) is 10.9 Å². The second kappa shape index (κ2) is 6.06. The molecule has 1 heterocycles. The molecule has 0 radical (unpaired) electrons. The van der Waals surface area contributed by atoms with Crippen LogP contribution in [0.4, 0.5) is 0 Å². The Morgan fingerprint density at radius 3 is 2.86 bits per heavy atom. The molecule has 0 aliphatic rings. The van der Waals surface area contributed by atoms with Gasteiger partial charge in [-0.05, 0) is 29.7 Å². The van der Waals surface area contributed by atoms with Gasteiger partial charge in [-0.1, -0.05) is 30.3 Å². The van der Waals surface area contributed by atoms with Crippen LogP contribution in [-0.2, 0) is 6.54 Å². The van der Waals surface area contributed by atoms with E-state index in [1.54, 1.807) is 30.5 Å². The summed E-state index contributed by atoms with van der Waals surface area (Å²) in [5.74, 6) is -0.216. The first kappa shape index (κ1) is 13.8. The van der Waals surface area contributed by atoms with E-state index in [2.05, 4.69) is 10.3 Å². The number of aromatic nitrogens is 1. The van der Waals surface area contributed by atoms with Crippen LogP contribution >= 0.6 is 0 Å². The minimum Gasteiger partial charge on any atom is -0.346 e. The summed E-state index contributed by atoms with van der Waals surface area (Å²) in [7, 11) is 0. The summed E-state index contributed by atoms with van der Waals surface area (Å²) in [6.07, 6.45) is 1.74. The van der Waals surface area contributed by atoms with Crippen molar-refractivity contribution in [2.45, 2.75) is 6.54 Å². The van der Waals surface area contributed by atoms with Gasteiger partial charge < -0.3 is 5.32 Å². The highest BCUT2D eigenvalue weighted by Crippen LogP contribution is 2.16. The molecule has 2 aromatic carbocycles. The molecule has 0 fully saturated rings. The number of rotatable bonds is 3. The normalized spacial score (nSPS) is 10.1. The highest BCUT2D eigenvalue weighted by molar-refractivity contribution is 5.94. The molecule has 0 saturated carbocycles. The summed E-state index contributed by atoms with van der Waals surface area (Å²) < 4.78 is 0. The van der Waals surface area contributed by atoms with E-state index in [-0.39, 0.29) is 5.91 Å². The van der Waals surface area contributed by atoms with E-state index < -0.39 is 0 Å². The van der Waals surface area contributed by atoms with Crippen molar-refractivity contribution >= 4 is 16.7 Å². The average molecular weight is 287 g/mol. The highest BCUT2D eigenvalue weighted by Gasteiger charge is 2.08. The quantitative estimate of drug-likeness (QED) is 0.805. The second-order valence-corrected chi connectivity index (χ2v) is 4.85. The number of nitrogens with one attached hydrogen (secondary N) is 1. The van der Waals surface area contributed by atoms with Gasteiger partial charge in [0.15, 0.2) is 0 Å². The molecule has 1 amide bonds. The molecule has 0 spiro atoms. The Morgan fingerprint density at radius 2 is 2.00 bits per heavy atom. The van der Waals surface area contributed by atoms with Gasteiger partial charge in [-0.3, -0.25) is 9.78 Å². The predicted molar refractivity (Wildman–Crippen MR) is 84.1 cm³/mol. The van der Waals surface area contributed by atoms with E-state index in [4.69, 9.17) is 5.26 Å². The van der Waals surface area contributed by atoms with Crippen LogP contribution in [0.25, 0.3) is 10.8 Å². The molecule has 22 heavy (non-hydrogen) atoms. The van der Waals surface area contributed by atoms with Crippen molar-refractivity contribution in [1.29, 1.82) is 5.26 Å². The van der Waals surface area contributed by atoms with E-state index in [1.165, 1.54) is 0 Å². The smallest absolute Gasteiger partial charge is 0.251 e. The van der Waals surface area contributed by atoms with E-state index in [0.717, 1.165) is 16.5 Å². The molecule has 3 aromatic rings. The van der Waals surface area contributed by atoms with Crippen molar-refractivity contribution in [2.75, 3.05) is 0 Å². The molecule has 4 nitrogen and oxygen atoms in total. The van der Waals surface area contributed by atoms with Gasteiger partial charge in [0.2, 0.25) is 0 Å². The summed E-state index contributed by atoms with van der Waals surface area (Å²) >= 11 is 0. The number of nitriles is 1. The monoisotopic (exact) mass is 287 g/mol. The van der Waals surface area contributed by atoms with Crippen molar-refractivity contribution in [1.82, 2.24) is 10.3 Å². The van der Waals surface area contributed by atoms with Crippen LogP contribution in [0.1, 0.15) is 21.6 Å². The summed E-state index contributed by atoms with van der Waals surface area (Å²) in [5.41, 5.74) is 1.76. The number of fused-ring (bicyclic) bond motifs is 1. The highest BCUT2D eigenvalue weighted by atomic mass is 16.1. The molecule has 3 rings (SSSR count). The zero-order valence-electron chi connectivity index (χ0n) is 11.8. The summed E-state index contributed by atoms with van der Waals surface area (Å²) in [6.45, 7) is 0.344. The van der Waals surface area contributed by atoms with E-state index >= 15 is 0 Å². The first-order chi connectivity index (χ1) is 10.8. The molecule has 1 N–H and O–H groups in total. The number of hydrogen-bond acceptors (Lipinski definition) is 3. The number of nitrogens with zero attached hydrogens (tertiary/aromatic N) is 2. The van der Waals surface area contributed by atoms with Crippen molar-refractivity contribution < 1.29 is 4.79 Å². The molecular formula is C18H13N3O. The lowest BCUT2D eigenvalue weighted by atomic mass is 10.1. The first-order valence-corrected chi connectivity index (χ1v) is 6.89. The van der Waals surface area contributed by atoms with Crippen LogP contribution in [0.5, 0.6) is 0 Å². The zero-order valence-corrected chi connectivity index (χ0v) is 11.8. The third-order valence-corrected chi connectivity index (χ3v) is 3.43. The lowest BCUT2D eigenvalue weighted by molar-refractivity contribution is 0.0950. The van der Waals surface area contributed by atoms with Gasteiger partial charge in [-0.25, -0.2) is 0 Å². The zero-order chi connectivity index (χ0) is 15.4. The van der Waals surface area contributed by atoms with E-state index in [9.17, 15) is 4.79 Å². The Bertz CT molecular complexity index is 875. The predicted octanol–water partition coefficient (Wildman–Crippen LogP) is 3.04. The molecular weight excluding hydrogens is 274 g/mol. The van der Waals surface area contributed by atoms with E-state index in [0.29, 0.717) is 17.7 Å². The summed E-state index contributed by atoms with van der Waals surface area (Å²) in [5, 5.41) is 13.8. The van der Waals surface area contributed by atoms with Crippen LogP contribution in [0.3, 0.4) is 0 Å².